The molecule has 1 fully saturated rings. The molecule has 0 unspecified atom stereocenters. The third-order valence-corrected chi connectivity index (χ3v) is 3.89. The highest BCUT2D eigenvalue weighted by atomic mass is 19.1. The number of nitrogens with zero attached hydrogens (tertiary/aromatic N) is 3. The number of likely N-dealkylation sites (tertiary alicyclic amines) is 1. The fourth-order valence-corrected chi connectivity index (χ4v) is 2.66. The zero-order chi connectivity index (χ0) is 16.2. The van der Waals surface area contributed by atoms with Crippen molar-refractivity contribution in [2.75, 3.05) is 13.1 Å². The molecule has 122 valence electrons. The molecule has 23 heavy (non-hydrogen) atoms. The molecule has 1 aliphatic rings. The van der Waals surface area contributed by atoms with Crippen LogP contribution in [0.3, 0.4) is 0 Å². The molecule has 7 heteroatoms. The van der Waals surface area contributed by atoms with Crippen LogP contribution in [0.5, 0.6) is 5.75 Å². The Hall–Kier alpha value is -2.44. The van der Waals surface area contributed by atoms with Gasteiger partial charge in [0.15, 0.2) is 18.2 Å². The van der Waals surface area contributed by atoms with E-state index in [1.807, 2.05) is 0 Å². The summed E-state index contributed by atoms with van der Waals surface area (Å²) in [6, 6.07) is 6.16. The highest BCUT2D eigenvalue weighted by molar-refractivity contribution is 5.73. The maximum Gasteiger partial charge on any atom is 0.231 e. The molecule has 1 atom stereocenters. The van der Waals surface area contributed by atoms with Gasteiger partial charge in [0.2, 0.25) is 17.6 Å². The lowest BCUT2D eigenvalue weighted by molar-refractivity contribution is -0.130. The summed E-state index contributed by atoms with van der Waals surface area (Å²) in [5.41, 5.74) is 0. The summed E-state index contributed by atoms with van der Waals surface area (Å²) < 4.78 is 24.1. The fraction of sp³-hybridized carbons (Fsp3) is 0.438. The summed E-state index contributed by atoms with van der Waals surface area (Å²) in [7, 11) is 0. The van der Waals surface area contributed by atoms with Gasteiger partial charge in [-0.15, -0.1) is 0 Å². The normalized spacial score (nSPS) is 18.0. The minimum atomic E-state index is -0.430. The first-order valence-corrected chi connectivity index (χ1v) is 7.59. The average molecular weight is 319 g/mol. The Morgan fingerprint density at radius 1 is 1.48 bits per heavy atom. The molecular weight excluding hydrogens is 301 g/mol. The van der Waals surface area contributed by atoms with E-state index in [-0.39, 0.29) is 24.2 Å². The van der Waals surface area contributed by atoms with Crippen LogP contribution in [0.2, 0.25) is 0 Å². The molecule has 3 rings (SSSR count). The molecular formula is C16H18FN3O3. The Morgan fingerprint density at radius 3 is 3.09 bits per heavy atom. The molecule has 0 saturated carbocycles. The number of aromatic nitrogens is 2. The quantitative estimate of drug-likeness (QED) is 0.866. The zero-order valence-corrected chi connectivity index (χ0v) is 12.9. The van der Waals surface area contributed by atoms with Gasteiger partial charge in [0, 0.05) is 20.0 Å². The smallest absolute Gasteiger partial charge is 0.231 e. The number of hydrogen-bond acceptors (Lipinski definition) is 5. The van der Waals surface area contributed by atoms with Gasteiger partial charge in [-0.2, -0.15) is 4.98 Å². The SMILES string of the molecule is CC(=O)N1CCC[C@H](c2nc(COc3ccccc3F)no2)C1. The van der Waals surface area contributed by atoms with E-state index in [4.69, 9.17) is 9.26 Å². The summed E-state index contributed by atoms with van der Waals surface area (Å²) >= 11 is 0. The molecule has 0 N–H and O–H groups in total. The second kappa shape index (κ2) is 6.76. The summed E-state index contributed by atoms with van der Waals surface area (Å²) in [5.74, 6) is 0.686. The molecule has 1 aromatic heterocycles. The Labute approximate surface area is 133 Å². The second-order valence-corrected chi connectivity index (χ2v) is 5.57. The van der Waals surface area contributed by atoms with Crippen molar-refractivity contribution in [2.24, 2.45) is 0 Å². The molecule has 2 heterocycles. The summed E-state index contributed by atoms with van der Waals surface area (Å²) in [5, 5.41) is 3.87. The molecule has 0 spiro atoms. The molecule has 1 amide bonds. The highest BCUT2D eigenvalue weighted by Gasteiger charge is 2.27. The Kier molecular flexibility index (Phi) is 4.55. The first kappa shape index (κ1) is 15.5. The first-order chi connectivity index (χ1) is 11.1. The van der Waals surface area contributed by atoms with Crippen molar-refractivity contribution in [3.8, 4) is 5.75 Å². The Balaban J connectivity index is 1.62. The van der Waals surface area contributed by atoms with E-state index in [1.54, 1.807) is 30.0 Å². The van der Waals surface area contributed by atoms with Gasteiger partial charge in [-0.3, -0.25) is 4.79 Å². The van der Waals surface area contributed by atoms with Gasteiger partial charge in [-0.25, -0.2) is 4.39 Å². The van der Waals surface area contributed by atoms with Crippen molar-refractivity contribution in [1.29, 1.82) is 0 Å². The summed E-state index contributed by atoms with van der Waals surface area (Å²) in [4.78, 5) is 17.6. The molecule has 0 aliphatic carbocycles. The lowest BCUT2D eigenvalue weighted by Gasteiger charge is -2.29. The molecule has 0 bridgehead atoms. The third kappa shape index (κ3) is 3.67. The van der Waals surface area contributed by atoms with Crippen LogP contribution in [0.15, 0.2) is 28.8 Å². The van der Waals surface area contributed by atoms with Gasteiger partial charge in [-0.05, 0) is 25.0 Å². The average Bonchev–Trinajstić information content (AvgIpc) is 3.03. The van der Waals surface area contributed by atoms with E-state index >= 15 is 0 Å². The predicted molar refractivity (Wildman–Crippen MR) is 79.3 cm³/mol. The van der Waals surface area contributed by atoms with Crippen LogP contribution in [-0.2, 0) is 11.4 Å². The van der Waals surface area contributed by atoms with Crippen LogP contribution in [0, 0.1) is 5.82 Å². The summed E-state index contributed by atoms with van der Waals surface area (Å²) in [6.45, 7) is 2.95. The lowest BCUT2D eigenvalue weighted by atomic mass is 9.98. The highest BCUT2D eigenvalue weighted by Crippen LogP contribution is 2.26. The topological polar surface area (TPSA) is 68.5 Å². The minimum Gasteiger partial charge on any atom is -0.482 e. The number of rotatable bonds is 4. The number of carbonyl (C=O) groups is 1. The van der Waals surface area contributed by atoms with Crippen molar-refractivity contribution in [3.05, 3.63) is 41.8 Å². The predicted octanol–water partition coefficient (Wildman–Crippen LogP) is 2.51. The number of piperidine rings is 1. The van der Waals surface area contributed by atoms with Crippen molar-refractivity contribution < 1.29 is 18.4 Å². The zero-order valence-electron chi connectivity index (χ0n) is 12.9. The molecule has 6 nitrogen and oxygen atoms in total. The van der Waals surface area contributed by atoms with Gasteiger partial charge in [0.1, 0.15) is 0 Å². The van der Waals surface area contributed by atoms with E-state index in [0.717, 1.165) is 19.4 Å². The number of hydrogen-bond donors (Lipinski definition) is 0. The van der Waals surface area contributed by atoms with Crippen LogP contribution in [0.4, 0.5) is 4.39 Å². The van der Waals surface area contributed by atoms with E-state index in [9.17, 15) is 9.18 Å². The molecule has 1 saturated heterocycles. The molecule has 1 aliphatic heterocycles. The Morgan fingerprint density at radius 2 is 2.30 bits per heavy atom. The number of para-hydroxylation sites is 1. The van der Waals surface area contributed by atoms with Crippen LogP contribution in [0.1, 0.15) is 37.4 Å². The first-order valence-electron chi connectivity index (χ1n) is 7.59. The maximum absolute atomic E-state index is 13.5. The van der Waals surface area contributed by atoms with Crippen molar-refractivity contribution in [3.63, 3.8) is 0 Å². The van der Waals surface area contributed by atoms with Crippen molar-refractivity contribution in [1.82, 2.24) is 15.0 Å². The second-order valence-electron chi connectivity index (χ2n) is 5.57. The minimum absolute atomic E-state index is 0.0353. The monoisotopic (exact) mass is 319 g/mol. The van der Waals surface area contributed by atoms with E-state index in [1.165, 1.54) is 6.07 Å². The number of benzene rings is 1. The van der Waals surface area contributed by atoms with Gasteiger partial charge in [-0.1, -0.05) is 17.3 Å². The molecule has 1 aromatic carbocycles. The third-order valence-electron chi connectivity index (χ3n) is 3.89. The Bertz CT molecular complexity index is 689. The van der Waals surface area contributed by atoms with Crippen LogP contribution >= 0.6 is 0 Å². The van der Waals surface area contributed by atoms with Crippen molar-refractivity contribution >= 4 is 5.91 Å². The molecule has 0 radical (unpaired) electrons. The number of carbonyl (C=O) groups excluding carboxylic acids is 1. The standard InChI is InChI=1S/C16H18FN3O3/c1-11(21)20-8-4-5-12(9-20)16-18-15(19-23-16)10-22-14-7-3-2-6-13(14)17/h2-3,6-7,12H,4-5,8-10H2,1H3/t12-/m0/s1. The van der Waals surface area contributed by atoms with E-state index < -0.39 is 5.82 Å². The van der Waals surface area contributed by atoms with E-state index in [0.29, 0.717) is 18.3 Å². The van der Waals surface area contributed by atoms with Gasteiger partial charge in [0.05, 0.1) is 5.92 Å². The lowest BCUT2D eigenvalue weighted by Crippen LogP contribution is -2.37. The number of amides is 1. The van der Waals surface area contributed by atoms with Crippen LogP contribution in [-0.4, -0.2) is 34.0 Å². The molecule has 2 aromatic rings. The van der Waals surface area contributed by atoms with Crippen molar-refractivity contribution in [2.45, 2.75) is 32.3 Å². The number of halogens is 1. The van der Waals surface area contributed by atoms with Gasteiger partial charge >= 0.3 is 0 Å². The summed E-state index contributed by atoms with van der Waals surface area (Å²) in [6.07, 6.45) is 1.81. The number of ether oxygens (including phenoxy) is 1. The maximum atomic E-state index is 13.5. The van der Waals surface area contributed by atoms with Gasteiger partial charge < -0.3 is 14.2 Å². The van der Waals surface area contributed by atoms with Crippen LogP contribution in [0.25, 0.3) is 0 Å². The van der Waals surface area contributed by atoms with E-state index in [2.05, 4.69) is 10.1 Å². The van der Waals surface area contributed by atoms with Crippen LogP contribution < -0.4 is 4.74 Å². The van der Waals surface area contributed by atoms with Gasteiger partial charge in [0.25, 0.3) is 0 Å². The largest absolute Gasteiger partial charge is 0.482 e. The fourth-order valence-electron chi connectivity index (χ4n) is 2.66.